The van der Waals surface area contributed by atoms with Crippen molar-refractivity contribution in [2.75, 3.05) is 7.05 Å². The Kier molecular flexibility index (Phi) is 5.42. The molecule has 3 rings (SSSR count). The zero-order valence-corrected chi connectivity index (χ0v) is 16.3. The zero-order valence-electron chi connectivity index (χ0n) is 15.5. The Balaban J connectivity index is 1.79. The summed E-state index contributed by atoms with van der Waals surface area (Å²) in [5, 5.41) is 2.94. The van der Waals surface area contributed by atoms with Gasteiger partial charge in [0.05, 0.1) is 12.2 Å². The maximum Gasteiger partial charge on any atom is 0.253 e. The molecular weight excluding hydrogens is 344 g/mol. The van der Waals surface area contributed by atoms with Crippen LogP contribution in [-0.4, -0.2) is 32.8 Å². The molecule has 1 aromatic carbocycles. The second-order valence-electron chi connectivity index (χ2n) is 6.27. The van der Waals surface area contributed by atoms with Crippen LogP contribution in [0.3, 0.4) is 0 Å². The van der Waals surface area contributed by atoms with Gasteiger partial charge >= 0.3 is 0 Å². The lowest BCUT2D eigenvalue weighted by Crippen LogP contribution is -2.26. The topological polar surface area (TPSA) is 59.0 Å². The molecule has 0 saturated heterocycles. The molecule has 26 heavy (non-hydrogen) atoms. The summed E-state index contributed by atoms with van der Waals surface area (Å²) in [5.41, 5.74) is 4.69. The molecular formula is C20H22N4OS. The molecule has 0 aliphatic carbocycles. The molecule has 5 nitrogen and oxygen atoms in total. The third kappa shape index (κ3) is 3.96. The van der Waals surface area contributed by atoms with E-state index in [9.17, 15) is 4.79 Å². The number of carbonyl (C=O) groups excluding carboxylic acids is 1. The number of rotatable bonds is 5. The summed E-state index contributed by atoms with van der Waals surface area (Å²) in [6.07, 6.45) is 2.74. The molecule has 0 unspecified atom stereocenters. The molecule has 0 fully saturated rings. The van der Waals surface area contributed by atoms with Gasteiger partial charge in [0.1, 0.15) is 10.8 Å². The van der Waals surface area contributed by atoms with Crippen molar-refractivity contribution in [1.29, 1.82) is 0 Å². The second-order valence-corrected chi connectivity index (χ2v) is 7.21. The molecule has 0 bridgehead atoms. The maximum absolute atomic E-state index is 12.7. The lowest BCUT2D eigenvalue weighted by molar-refractivity contribution is 0.0785. The van der Waals surface area contributed by atoms with Crippen molar-refractivity contribution in [2.24, 2.45) is 0 Å². The molecule has 6 heteroatoms. The van der Waals surface area contributed by atoms with Crippen molar-refractivity contribution in [3.05, 3.63) is 63.5 Å². The summed E-state index contributed by atoms with van der Waals surface area (Å²) in [7, 11) is 1.80. The number of aromatic nitrogens is 3. The normalized spacial score (nSPS) is 10.8. The highest BCUT2D eigenvalue weighted by Crippen LogP contribution is 2.23. The van der Waals surface area contributed by atoms with Crippen LogP contribution in [0.4, 0.5) is 0 Å². The van der Waals surface area contributed by atoms with E-state index in [4.69, 9.17) is 0 Å². The molecule has 0 atom stereocenters. The number of carbonyl (C=O) groups is 1. The Morgan fingerprint density at radius 2 is 1.88 bits per heavy atom. The SMILES string of the molecule is CCc1cnc(C)nc1-c1ccc(C(=O)N(C)Cc2nc(C)cs2)cc1. The van der Waals surface area contributed by atoms with Crippen LogP contribution >= 0.6 is 11.3 Å². The van der Waals surface area contributed by atoms with E-state index in [0.717, 1.165) is 39.8 Å². The van der Waals surface area contributed by atoms with Crippen LogP contribution in [0.25, 0.3) is 11.3 Å². The molecule has 1 amide bonds. The van der Waals surface area contributed by atoms with Gasteiger partial charge in [-0.3, -0.25) is 4.79 Å². The third-order valence-corrected chi connectivity index (χ3v) is 5.11. The lowest BCUT2D eigenvalue weighted by Gasteiger charge is -2.16. The Labute approximate surface area is 157 Å². The van der Waals surface area contributed by atoms with E-state index in [1.54, 1.807) is 23.3 Å². The van der Waals surface area contributed by atoms with E-state index in [-0.39, 0.29) is 5.91 Å². The number of hydrogen-bond acceptors (Lipinski definition) is 5. The largest absolute Gasteiger partial charge is 0.335 e. The summed E-state index contributed by atoms with van der Waals surface area (Å²) < 4.78 is 0. The molecule has 3 aromatic rings. The van der Waals surface area contributed by atoms with E-state index in [1.165, 1.54) is 0 Å². The first-order chi connectivity index (χ1) is 12.5. The highest BCUT2D eigenvalue weighted by atomic mass is 32.1. The highest BCUT2D eigenvalue weighted by molar-refractivity contribution is 7.09. The van der Waals surface area contributed by atoms with Gasteiger partial charge in [0, 0.05) is 35.4 Å². The predicted molar refractivity (Wildman–Crippen MR) is 104 cm³/mol. The van der Waals surface area contributed by atoms with Crippen LogP contribution in [-0.2, 0) is 13.0 Å². The minimum absolute atomic E-state index is 0.0148. The summed E-state index contributed by atoms with van der Waals surface area (Å²) >= 11 is 1.58. The van der Waals surface area contributed by atoms with E-state index in [0.29, 0.717) is 12.1 Å². The molecule has 0 radical (unpaired) electrons. The van der Waals surface area contributed by atoms with Crippen molar-refractivity contribution < 1.29 is 4.79 Å². The molecule has 2 heterocycles. The minimum Gasteiger partial charge on any atom is -0.335 e. The van der Waals surface area contributed by atoms with E-state index >= 15 is 0 Å². The number of nitrogens with zero attached hydrogens (tertiary/aromatic N) is 4. The van der Waals surface area contributed by atoms with Crippen LogP contribution in [0.1, 0.15) is 39.4 Å². The molecule has 0 saturated carbocycles. The average Bonchev–Trinajstić information content (AvgIpc) is 3.06. The number of hydrogen-bond donors (Lipinski definition) is 0. The first-order valence-electron chi connectivity index (χ1n) is 8.57. The van der Waals surface area contributed by atoms with Crippen molar-refractivity contribution in [1.82, 2.24) is 19.9 Å². The summed E-state index contributed by atoms with van der Waals surface area (Å²) in [4.78, 5) is 27.6. The molecule has 0 N–H and O–H groups in total. The first kappa shape index (κ1) is 18.2. The Morgan fingerprint density at radius 1 is 1.15 bits per heavy atom. The molecule has 0 aliphatic rings. The van der Waals surface area contributed by atoms with Crippen LogP contribution in [0.15, 0.2) is 35.8 Å². The monoisotopic (exact) mass is 366 g/mol. The van der Waals surface area contributed by atoms with E-state index in [2.05, 4.69) is 21.9 Å². The predicted octanol–water partition coefficient (Wildman–Crippen LogP) is 4.05. The van der Waals surface area contributed by atoms with Gasteiger partial charge in [0.25, 0.3) is 5.91 Å². The van der Waals surface area contributed by atoms with Gasteiger partial charge in [-0.15, -0.1) is 11.3 Å². The van der Waals surface area contributed by atoms with E-state index < -0.39 is 0 Å². The zero-order chi connectivity index (χ0) is 18.7. The van der Waals surface area contributed by atoms with Crippen molar-refractivity contribution in [3.63, 3.8) is 0 Å². The third-order valence-electron chi connectivity index (χ3n) is 4.16. The van der Waals surface area contributed by atoms with Gasteiger partial charge in [0.2, 0.25) is 0 Å². The Bertz CT molecular complexity index is 918. The highest BCUT2D eigenvalue weighted by Gasteiger charge is 2.14. The fourth-order valence-electron chi connectivity index (χ4n) is 2.74. The molecule has 0 spiro atoms. The van der Waals surface area contributed by atoms with Crippen LogP contribution < -0.4 is 0 Å². The van der Waals surface area contributed by atoms with Gasteiger partial charge in [-0.05, 0) is 38.0 Å². The maximum atomic E-state index is 12.7. The molecule has 0 aliphatic heterocycles. The fraction of sp³-hybridized carbons (Fsp3) is 0.300. The van der Waals surface area contributed by atoms with Gasteiger partial charge in [-0.2, -0.15) is 0 Å². The van der Waals surface area contributed by atoms with Crippen molar-refractivity contribution in [3.8, 4) is 11.3 Å². The second kappa shape index (κ2) is 7.74. The average molecular weight is 366 g/mol. The number of amides is 1. The first-order valence-corrected chi connectivity index (χ1v) is 9.45. The number of thiazole rings is 1. The van der Waals surface area contributed by atoms with E-state index in [1.807, 2.05) is 49.7 Å². The standard InChI is InChI=1S/C20H22N4OS/c1-5-15-10-21-14(3)23-19(15)16-6-8-17(9-7-16)20(25)24(4)11-18-22-13(2)12-26-18/h6-10,12H,5,11H2,1-4H3. The van der Waals surface area contributed by atoms with Gasteiger partial charge in [-0.25, -0.2) is 15.0 Å². The summed E-state index contributed by atoms with van der Waals surface area (Å²) in [6, 6.07) is 7.63. The Hall–Kier alpha value is -2.60. The summed E-state index contributed by atoms with van der Waals surface area (Å²) in [5.74, 6) is 0.731. The van der Waals surface area contributed by atoms with Crippen LogP contribution in [0, 0.1) is 13.8 Å². The van der Waals surface area contributed by atoms with Crippen molar-refractivity contribution in [2.45, 2.75) is 33.7 Å². The quantitative estimate of drug-likeness (QED) is 0.683. The fourth-order valence-corrected chi connectivity index (χ4v) is 3.57. The Morgan fingerprint density at radius 3 is 2.50 bits per heavy atom. The van der Waals surface area contributed by atoms with Gasteiger partial charge in [0.15, 0.2) is 0 Å². The van der Waals surface area contributed by atoms with Crippen LogP contribution in [0.2, 0.25) is 0 Å². The lowest BCUT2D eigenvalue weighted by atomic mass is 10.0. The van der Waals surface area contributed by atoms with Gasteiger partial charge in [-0.1, -0.05) is 19.1 Å². The summed E-state index contributed by atoms with van der Waals surface area (Å²) in [6.45, 7) is 6.45. The number of aryl methyl sites for hydroxylation is 3. The minimum atomic E-state index is -0.0148. The van der Waals surface area contributed by atoms with Crippen molar-refractivity contribution >= 4 is 17.2 Å². The molecule has 134 valence electrons. The number of benzene rings is 1. The van der Waals surface area contributed by atoms with Crippen LogP contribution in [0.5, 0.6) is 0 Å². The van der Waals surface area contributed by atoms with Gasteiger partial charge < -0.3 is 4.90 Å². The molecule has 2 aromatic heterocycles. The smallest absolute Gasteiger partial charge is 0.253 e.